The summed E-state index contributed by atoms with van der Waals surface area (Å²) in [5.74, 6) is 1.21. The molecule has 3 nitrogen and oxygen atoms in total. The van der Waals surface area contributed by atoms with Crippen molar-refractivity contribution in [2.75, 3.05) is 7.11 Å². The molecule has 0 unspecified atom stereocenters. The van der Waals surface area contributed by atoms with Crippen LogP contribution in [0, 0.1) is 5.92 Å². The van der Waals surface area contributed by atoms with Gasteiger partial charge >= 0.3 is 0 Å². The van der Waals surface area contributed by atoms with Crippen molar-refractivity contribution >= 4 is 40.1 Å². The number of thiocarbonyl (C=S) groups is 1. The van der Waals surface area contributed by atoms with Gasteiger partial charge in [-0.15, -0.1) is 11.3 Å². The van der Waals surface area contributed by atoms with Crippen molar-refractivity contribution in [3.8, 4) is 5.75 Å². The van der Waals surface area contributed by atoms with Crippen molar-refractivity contribution in [2.45, 2.75) is 46.6 Å². The van der Waals surface area contributed by atoms with Gasteiger partial charge < -0.3 is 9.30 Å². The van der Waals surface area contributed by atoms with Gasteiger partial charge in [0.25, 0.3) is 0 Å². The summed E-state index contributed by atoms with van der Waals surface area (Å²) < 4.78 is 7.60. The first-order valence-electron chi connectivity index (χ1n) is 8.25. The van der Waals surface area contributed by atoms with Crippen LogP contribution in [0.3, 0.4) is 0 Å². The quantitative estimate of drug-likeness (QED) is 0.643. The lowest BCUT2D eigenvalue weighted by molar-refractivity contribution is 0.414. The van der Waals surface area contributed by atoms with E-state index in [4.69, 9.17) is 33.5 Å². The van der Waals surface area contributed by atoms with Crippen LogP contribution in [-0.4, -0.2) is 16.7 Å². The molecule has 1 aromatic heterocycles. The minimum Gasteiger partial charge on any atom is -0.496 e. The largest absolute Gasteiger partial charge is 0.496 e. The van der Waals surface area contributed by atoms with Gasteiger partial charge in [-0.25, -0.2) is 4.99 Å². The summed E-state index contributed by atoms with van der Waals surface area (Å²) >= 11 is 13.4. The van der Waals surface area contributed by atoms with E-state index in [9.17, 15) is 0 Å². The molecule has 136 valence electrons. The van der Waals surface area contributed by atoms with E-state index < -0.39 is 0 Å². The number of rotatable bonds is 4. The molecule has 0 atom stereocenters. The molecule has 0 spiro atoms. The molecule has 25 heavy (non-hydrogen) atoms. The maximum Gasteiger partial charge on any atom is 0.191 e. The zero-order valence-corrected chi connectivity index (χ0v) is 18.0. The predicted molar refractivity (Wildman–Crippen MR) is 111 cm³/mol. The third-order valence-corrected chi connectivity index (χ3v) is 5.60. The first-order chi connectivity index (χ1) is 11.6. The fraction of sp³-hybridized carbons (Fsp3) is 0.474. The van der Waals surface area contributed by atoms with E-state index in [0.29, 0.717) is 21.7 Å². The van der Waals surface area contributed by atoms with Gasteiger partial charge in [-0.05, 0) is 29.5 Å². The number of ether oxygens (including phenoxy) is 1. The topological polar surface area (TPSA) is 26.5 Å². The maximum atomic E-state index is 6.13. The Morgan fingerprint density at radius 2 is 2.04 bits per heavy atom. The van der Waals surface area contributed by atoms with Crippen molar-refractivity contribution in [1.82, 2.24) is 4.57 Å². The standard InChI is InChI=1S/C19H25ClN2OS2/c1-12(2)10-22-11-16(19(3,4)5)25-18(22)21-17(24)14-9-13(20)7-8-15(14)23-6/h7-9,11-12H,10H2,1-6H3/b21-18-. The first-order valence-corrected chi connectivity index (χ1v) is 9.85. The predicted octanol–water partition coefficient (Wildman–Crippen LogP) is 5.44. The average molecular weight is 397 g/mol. The monoisotopic (exact) mass is 396 g/mol. The summed E-state index contributed by atoms with van der Waals surface area (Å²) in [6, 6.07) is 5.41. The molecule has 0 N–H and O–H groups in total. The number of thiazole rings is 1. The highest BCUT2D eigenvalue weighted by atomic mass is 35.5. The molecule has 0 radical (unpaired) electrons. The summed E-state index contributed by atoms with van der Waals surface area (Å²) in [5, 5.41) is 0.616. The molecule has 0 aliphatic carbocycles. The molecule has 0 saturated carbocycles. The summed E-state index contributed by atoms with van der Waals surface area (Å²) in [4.78, 5) is 7.42. The van der Waals surface area contributed by atoms with Crippen LogP contribution < -0.4 is 9.54 Å². The Morgan fingerprint density at radius 1 is 1.36 bits per heavy atom. The molecule has 0 fully saturated rings. The molecule has 0 bridgehead atoms. The Kier molecular flexibility index (Phi) is 6.46. The molecular weight excluding hydrogens is 372 g/mol. The molecular formula is C19H25ClN2OS2. The normalized spacial score (nSPS) is 12.7. The number of benzene rings is 1. The van der Waals surface area contributed by atoms with E-state index in [1.165, 1.54) is 4.88 Å². The number of methoxy groups -OCH3 is 1. The van der Waals surface area contributed by atoms with Crippen LogP contribution in [0.1, 0.15) is 45.1 Å². The Bertz CT molecular complexity index is 829. The zero-order valence-electron chi connectivity index (χ0n) is 15.6. The molecule has 6 heteroatoms. The van der Waals surface area contributed by atoms with E-state index in [-0.39, 0.29) is 5.41 Å². The Hall–Kier alpha value is -1.17. The summed E-state index contributed by atoms with van der Waals surface area (Å²) in [5.41, 5.74) is 0.818. The summed E-state index contributed by atoms with van der Waals surface area (Å²) in [7, 11) is 1.62. The van der Waals surface area contributed by atoms with Crippen molar-refractivity contribution in [2.24, 2.45) is 10.9 Å². The highest BCUT2D eigenvalue weighted by Crippen LogP contribution is 2.26. The molecule has 0 aliphatic heterocycles. The number of hydrogen-bond donors (Lipinski definition) is 0. The number of halogens is 1. The summed E-state index contributed by atoms with van der Waals surface area (Å²) in [6.07, 6.45) is 2.20. The molecule has 0 saturated heterocycles. The molecule has 1 aromatic carbocycles. The number of nitrogens with zero attached hydrogens (tertiary/aromatic N) is 2. The lowest BCUT2D eigenvalue weighted by atomic mass is 9.95. The van der Waals surface area contributed by atoms with Crippen LogP contribution >= 0.6 is 35.2 Å². The molecule has 1 heterocycles. The highest BCUT2D eigenvalue weighted by molar-refractivity contribution is 7.80. The Morgan fingerprint density at radius 3 is 2.60 bits per heavy atom. The average Bonchev–Trinajstić information content (AvgIpc) is 2.89. The van der Waals surface area contributed by atoms with Gasteiger partial charge in [0.15, 0.2) is 4.80 Å². The lowest BCUT2D eigenvalue weighted by Crippen LogP contribution is -2.18. The van der Waals surface area contributed by atoms with Gasteiger partial charge in [0.1, 0.15) is 10.7 Å². The first kappa shape index (κ1) is 20.1. The van der Waals surface area contributed by atoms with Gasteiger partial charge in [0, 0.05) is 22.6 Å². The maximum absolute atomic E-state index is 6.13. The minimum atomic E-state index is 0.0759. The van der Waals surface area contributed by atoms with Crippen molar-refractivity contribution in [3.05, 3.63) is 44.7 Å². The van der Waals surface area contributed by atoms with Crippen molar-refractivity contribution in [1.29, 1.82) is 0 Å². The van der Waals surface area contributed by atoms with E-state index in [1.54, 1.807) is 30.6 Å². The van der Waals surface area contributed by atoms with Crippen LogP contribution in [0.2, 0.25) is 5.02 Å². The van der Waals surface area contributed by atoms with Gasteiger partial charge in [-0.1, -0.05) is 58.4 Å². The van der Waals surface area contributed by atoms with E-state index in [1.807, 2.05) is 6.07 Å². The second kappa shape index (κ2) is 8.02. The van der Waals surface area contributed by atoms with Crippen molar-refractivity contribution < 1.29 is 4.74 Å². The van der Waals surface area contributed by atoms with Crippen LogP contribution in [0.15, 0.2) is 29.4 Å². The van der Waals surface area contributed by atoms with Crippen LogP contribution in [0.4, 0.5) is 0 Å². The highest BCUT2D eigenvalue weighted by Gasteiger charge is 2.18. The van der Waals surface area contributed by atoms with Gasteiger partial charge in [-0.3, -0.25) is 0 Å². The number of hydrogen-bond acceptors (Lipinski definition) is 3. The third kappa shape index (κ3) is 5.16. The lowest BCUT2D eigenvalue weighted by Gasteiger charge is -2.14. The second-order valence-corrected chi connectivity index (χ2v) is 9.27. The number of aromatic nitrogens is 1. The van der Waals surface area contributed by atoms with E-state index >= 15 is 0 Å². The van der Waals surface area contributed by atoms with E-state index in [2.05, 4.69) is 45.4 Å². The molecule has 2 rings (SSSR count). The summed E-state index contributed by atoms with van der Waals surface area (Å²) in [6.45, 7) is 11.9. The Labute approximate surface area is 164 Å². The van der Waals surface area contributed by atoms with Gasteiger partial charge in [0.2, 0.25) is 0 Å². The third-order valence-electron chi connectivity index (χ3n) is 3.61. The molecule has 0 aliphatic rings. The fourth-order valence-electron chi connectivity index (χ4n) is 2.33. The second-order valence-electron chi connectivity index (χ2n) is 7.44. The van der Waals surface area contributed by atoms with E-state index in [0.717, 1.165) is 16.9 Å². The molecule has 0 amide bonds. The smallest absolute Gasteiger partial charge is 0.191 e. The van der Waals surface area contributed by atoms with Crippen LogP contribution in [-0.2, 0) is 12.0 Å². The SMILES string of the molecule is COc1ccc(Cl)cc1C(=S)/N=c1\sc(C(C)(C)C)cn1CC(C)C. The van der Waals surface area contributed by atoms with Crippen molar-refractivity contribution in [3.63, 3.8) is 0 Å². The minimum absolute atomic E-state index is 0.0759. The molecule has 2 aromatic rings. The Balaban J connectivity index is 2.54. The zero-order chi connectivity index (χ0) is 18.8. The fourth-order valence-corrected chi connectivity index (χ4v) is 3.87. The van der Waals surface area contributed by atoms with Gasteiger partial charge in [-0.2, -0.15) is 0 Å². The van der Waals surface area contributed by atoms with Gasteiger partial charge in [0.05, 0.1) is 12.7 Å². The van der Waals surface area contributed by atoms with Crippen LogP contribution in [0.5, 0.6) is 5.75 Å². The van der Waals surface area contributed by atoms with Crippen LogP contribution in [0.25, 0.3) is 0 Å².